The van der Waals surface area contributed by atoms with Gasteiger partial charge in [0.05, 0.1) is 7.11 Å². The molecule has 8 nitrogen and oxygen atoms in total. The van der Waals surface area contributed by atoms with Gasteiger partial charge in [-0.1, -0.05) is 24.3 Å². The summed E-state index contributed by atoms with van der Waals surface area (Å²) in [5, 5.41) is 10.8. The van der Waals surface area contributed by atoms with Crippen LogP contribution in [0.3, 0.4) is 0 Å². The van der Waals surface area contributed by atoms with Gasteiger partial charge in [-0.25, -0.2) is 14.4 Å². The number of rotatable bonds is 8. The number of ether oxygens (including phenoxy) is 1. The summed E-state index contributed by atoms with van der Waals surface area (Å²) in [5.74, 6) is -0.543. The molecule has 0 spiro atoms. The number of amides is 4. The van der Waals surface area contributed by atoms with Gasteiger partial charge < -0.3 is 26.0 Å². The molecule has 30 heavy (non-hydrogen) atoms. The van der Waals surface area contributed by atoms with Crippen molar-refractivity contribution in [3.8, 4) is 0 Å². The lowest BCUT2D eigenvalue weighted by Crippen LogP contribution is -2.44. The number of benzene rings is 2. The monoisotopic (exact) mass is 412 g/mol. The Kier molecular flexibility index (Phi) is 8.68. The van der Waals surface area contributed by atoms with E-state index >= 15 is 0 Å². The van der Waals surface area contributed by atoms with Gasteiger partial charge in [-0.2, -0.15) is 0 Å². The molecule has 8 heteroatoms. The molecule has 0 saturated heterocycles. The van der Waals surface area contributed by atoms with Gasteiger partial charge in [-0.05, 0) is 62.1 Å². The van der Waals surface area contributed by atoms with Gasteiger partial charge in [0.25, 0.3) is 0 Å². The average molecular weight is 412 g/mol. The second-order valence-corrected chi connectivity index (χ2v) is 6.94. The minimum absolute atomic E-state index is 0.318. The number of aryl methyl sites for hydroxylation is 2. The molecule has 0 aromatic heterocycles. The molecule has 160 valence electrons. The minimum Gasteiger partial charge on any atom is -0.467 e. The third-order valence-electron chi connectivity index (χ3n) is 4.30. The van der Waals surface area contributed by atoms with Crippen LogP contribution in [0.2, 0.25) is 0 Å². The fraction of sp³-hybridized carbons (Fsp3) is 0.318. The first-order valence-electron chi connectivity index (χ1n) is 9.71. The summed E-state index contributed by atoms with van der Waals surface area (Å²) in [6, 6.07) is 13.2. The van der Waals surface area contributed by atoms with Crippen LogP contribution < -0.4 is 21.3 Å². The first kappa shape index (κ1) is 22.7. The number of nitrogens with one attached hydrogen (secondary N) is 4. The van der Waals surface area contributed by atoms with Crippen LogP contribution in [0.4, 0.5) is 21.0 Å². The molecule has 0 fully saturated rings. The lowest BCUT2D eigenvalue weighted by Gasteiger charge is -2.17. The van der Waals surface area contributed by atoms with Gasteiger partial charge in [0.2, 0.25) is 0 Å². The number of urea groups is 2. The van der Waals surface area contributed by atoms with Crippen molar-refractivity contribution < 1.29 is 19.1 Å². The van der Waals surface area contributed by atoms with Crippen LogP contribution in [0.15, 0.2) is 48.5 Å². The molecule has 0 aliphatic carbocycles. The predicted octanol–water partition coefficient (Wildman–Crippen LogP) is 3.57. The van der Waals surface area contributed by atoms with E-state index in [0.717, 1.165) is 11.1 Å². The summed E-state index contributed by atoms with van der Waals surface area (Å²) in [7, 11) is 1.27. The highest BCUT2D eigenvalue weighted by Gasteiger charge is 2.21. The highest BCUT2D eigenvalue weighted by molar-refractivity contribution is 5.92. The molecule has 0 bridgehead atoms. The molecule has 0 heterocycles. The molecule has 4 N–H and O–H groups in total. The highest BCUT2D eigenvalue weighted by Crippen LogP contribution is 2.10. The first-order valence-corrected chi connectivity index (χ1v) is 9.71. The zero-order valence-electron chi connectivity index (χ0n) is 17.5. The van der Waals surface area contributed by atoms with E-state index in [0.29, 0.717) is 30.8 Å². The van der Waals surface area contributed by atoms with E-state index in [-0.39, 0.29) is 6.03 Å². The number of methoxy groups -OCH3 is 1. The molecule has 0 saturated carbocycles. The van der Waals surface area contributed by atoms with Gasteiger partial charge in [-0.3, -0.25) is 0 Å². The quantitative estimate of drug-likeness (QED) is 0.393. The normalized spacial score (nSPS) is 11.2. The summed E-state index contributed by atoms with van der Waals surface area (Å²) in [6.07, 6.45) is 0.796. The highest BCUT2D eigenvalue weighted by atomic mass is 16.5. The van der Waals surface area contributed by atoms with Gasteiger partial charge in [0.1, 0.15) is 6.04 Å². The predicted molar refractivity (Wildman–Crippen MR) is 117 cm³/mol. The smallest absolute Gasteiger partial charge is 0.328 e. The van der Waals surface area contributed by atoms with Crippen molar-refractivity contribution in [2.45, 2.75) is 32.7 Å². The molecule has 0 radical (unpaired) electrons. The Morgan fingerprint density at radius 1 is 0.900 bits per heavy atom. The summed E-state index contributed by atoms with van der Waals surface area (Å²) >= 11 is 0. The lowest BCUT2D eigenvalue weighted by atomic mass is 10.1. The average Bonchev–Trinajstić information content (AvgIpc) is 2.69. The van der Waals surface area contributed by atoms with Crippen LogP contribution in [0.1, 0.15) is 24.0 Å². The third kappa shape index (κ3) is 7.83. The SMILES string of the molecule is COC(=O)[C@H](CCCNC(=O)Nc1cccc(C)c1)NC(=O)Nc1cccc(C)c1. The zero-order valence-corrected chi connectivity index (χ0v) is 17.5. The zero-order chi connectivity index (χ0) is 21.9. The molecule has 1 atom stereocenters. The first-order chi connectivity index (χ1) is 14.4. The number of hydrogen-bond acceptors (Lipinski definition) is 4. The second-order valence-electron chi connectivity index (χ2n) is 6.94. The third-order valence-corrected chi connectivity index (χ3v) is 4.30. The molecule has 2 aromatic rings. The Bertz CT molecular complexity index is 885. The van der Waals surface area contributed by atoms with Gasteiger partial charge in [0, 0.05) is 17.9 Å². The van der Waals surface area contributed by atoms with Gasteiger partial charge >= 0.3 is 18.0 Å². The maximum absolute atomic E-state index is 12.2. The number of carbonyl (C=O) groups excluding carboxylic acids is 3. The van der Waals surface area contributed by atoms with Crippen molar-refractivity contribution >= 4 is 29.4 Å². The Balaban J connectivity index is 1.78. The Morgan fingerprint density at radius 3 is 2.00 bits per heavy atom. The van der Waals surface area contributed by atoms with E-state index in [1.807, 2.05) is 50.2 Å². The lowest BCUT2D eigenvalue weighted by molar-refractivity contribution is -0.143. The largest absolute Gasteiger partial charge is 0.467 e. The van der Waals surface area contributed by atoms with E-state index in [1.54, 1.807) is 12.1 Å². The van der Waals surface area contributed by atoms with Crippen molar-refractivity contribution in [2.75, 3.05) is 24.3 Å². The van der Waals surface area contributed by atoms with Crippen molar-refractivity contribution in [3.05, 3.63) is 59.7 Å². The molecular weight excluding hydrogens is 384 g/mol. The van der Waals surface area contributed by atoms with E-state index in [1.165, 1.54) is 7.11 Å². The van der Waals surface area contributed by atoms with Crippen molar-refractivity contribution in [1.29, 1.82) is 0 Å². The van der Waals surface area contributed by atoms with Gasteiger partial charge in [-0.15, -0.1) is 0 Å². The fourth-order valence-electron chi connectivity index (χ4n) is 2.85. The van der Waals surface area contributed by atoms with Crippen LogP contribution in [-0.2, 0) is 9.53 Å². The molecule has 2 aromatic carbocycles. The molecule has 2 rings (SSSR count). The molecule has 0 unspecified atom stereocenters. The van der Waals surface area contributed by atoms with E-state index < -0.39 is 18.0 Å². The number of anilines is 2. The summed E-state index contributed by atoms with van der Waals surface area (Å²) in [6.45, 7) is 4.20. The summed E-state index contributed by atoms with van der Waals surface area (Å²) < 4.78 is 4.77. The van der Waals surface area contributed by atoms with Crippen LogP contribution >= 0.6 is 0 Å². The Labute approximate surface area is 176 Å². The number of carbonyl (C=O) groups is 3. The van der Waals surface area contributed by atoms with Crippen molar-refractivity contribution in [3.63, 3.8) is 0 Å². The van der Waals surface area contributed by atoms with Crippen LogP contribution in [0.25, 0.3) is 0 Å². The van der Waals surface area contributed by atoms with E-state index in [2.05, 4.69) is 21.3 Å². The second kappa shape index (κ2) is 11.5. The minimum atomic E-state index is -0.818. The van der Waals surface area contributed by atoms with Crippen molar-refractivity contribution in [1.82, 2.24) is 10.6 Å². The van der Waals surface area contributed by atoms with Crippen LogP contribution in [0.5, 0.6) is 0 Å². The number of hydrogen-bond donors (Lipinski definition) is 4. The molecule has 0 aliphatic rings. The molecule has 4 amide bonds. The maximum atomic E-state index is 12.2. The Morgan fingerprint density at radius 2 is 1.47 bits per heavy atom. The summed E-state index contributed by atoms with van der Waals surface area (Å²) in [4.78, 5) is 36.2. The molecular formula is C22H28N4O4. The topological polar surface area (TPSA) is 109 Å². The van der Waals surface area contributed by atoms with Crippen LogP contribution in [-0.4, -0.2) is 37.7 Å². The maximum Gasteiger partial charge on any atom is 0.328 e. The van der Waals surface area contributed by atoms with Crippen molar-refractivity contribution in [2.24, 2.45) is 0 Å². The van der Waals surface area contributed by atoms with E-state index in [4.69, 9.17) is 4.74 Å². The molecule has 0 aliphatic heterocycles. The van der Waals surface area contributed by atoms with E-state index in [9.17, 15) is 14.4 Å². The van der Waals surface area contributed by atoms with Crippen LogP contribution in [0, 0.1) is 13.8 Å². The van der Waals surface area contributed by atoms with Gasteiger partial charge in [0.15, 0.2) is 0 Å². The standard InChI is InChI=1S/C22H28N4O4/c1-15-7-4-9-17(13-15)24-21(28)23-12-6-11-19(20(27)30-3)26-22(29)25-18-10-5-8-16(2)14-18/h4-5,7-10,13-14,19H,6,11-12H2,1-3H3,(H2,23,24,28)(H2,25,26,29)/t19-/m0/s1. The Hall–Kier alpha value is -3.55. The number of esters is 1. The summed E-state index contributed by atoms with van der Waals surface area (Å²) in [5.41, 5.74) is 3.39. The fourth-order valence-corrected chi connectivity index (χ4v) is 2.85.